The molecule has 0 aliphatic carbocycles. The van der Waals surface area contributed by atoms with Crippen molar-refractivity contribution in [2.45, 2.75) is 18.6 Å². The van der Waals surface area contributed by atoms with Gasteiger partial charge in [-0.1, -0.05) is 23.7 Å². The van der Waals surface area contributed by atoms with Gasteiger partial charge >= 0.3 is 0 Å². The molecule has 2 aromatic carbocycles. The van der Waals surface area contributed by atoms with E-state index in [9.17, 15) is 17.6 Å². The van der Waals surface area contributed by atoms with E-state index in [0.717, 1.165) is 5.56 Å². The molecule has 0 saturated carbocycles. The quantitative estimate of drug-likeness (QED) is 0.783. The summed E-state index contributed by atoms with van der Waals surface area (Å²) in [5.74, 6) is -0.538. The fraction of sp³-hybridized carbons (Fsp3) is 0.316. The maximum Gasteiger partial charge on any atom is 0.241 e. The molecule has 2 fully saturated rings. The van der Waals surface area contributed by atoms with Crippen molar-refractivity contribution < 1.29 is 17.6 Å². The molecule has 0 bridgehead atoms. The second kappa shape index (κ2) is 6.89. The van der Waals surface area contributed by atoms with Crippen LogP contribution in [-0.4, -0.2) is 49.4 Å². The normalized spacial score (nSPS) is 24.8. The maximum absolute atomic E-state index is 13.1. The Bertz CT molecular complexity index is 963. The number of benzene rings is 2. The highest BCUT2D eigenvalue weighted by molar-refractivity contribution is 7.91. The highest BCUT2D eigenvalue weighted by Gasteiger charge is 2.49. The third kappa shape index (κ3) is 3.72. The second-order valence-electron chi connectivity index (χ2n) is 6.98. The SMILES string of the molecule is O=C1CN(Cc2ccc(F)cc2)[C@@H]2CS(=O)(=O)C[C@@H]2N1c1ccc(Cl)cc1. The highest BCUT2D eigenvalue weighted by Crippen LogP contribution is 2.33. The van der Waals surface area contributed by atoms with Gasteiger partial charge < -0.3 is 4.90 Å². The predicted octanol–water partition coefficient (Wildman–Crippen LogP) is 2.49. The van der Waals surface area contributed by atoms with E-state index < -0.39 is 15.9 Å². The molecule has 2 atom stereocenters. The first-order valence-corrected chi connectivity index (χ1v) is 10.8. The van der Waals surface area contributed by atoms with Crippen LogP contribution in [0.1, 0.15) is 5.56 Å². The van der Waals surface area contributed by atoms with Crippen molar-refractivity contribution >= 4 is 33.0 Å². The number of nitrogens with zero attached hydrogens (tertiary/aromatic N) is 2. The predicted molar refractivity (Wildman–Crippen MR) is 102 cm³/mol. The lowest BCUT2D eigenvalue weighted by Crippen LogP contribution is -2.61. The minimum atomic E-state index is -3.25. The van der Waals surface area contributed by atoms with Crippen molar-refractivity contribution in [1.82, 2.24) is 4.90 Å². The largest absolute Gasteiger partial charge is 0.306 e. The van der Waals surface area contributed by atoms with Crippen LogP contribution >= 0.6 is 11.6 Å². The molecule has 0 spiro atoms. The van der Waals surface area contributed by atoms with Crippen LogP contribution in [0.25, 0.3) is 0 Å². The van der Waals surface area contributed by atoms with Crippen molar-refractivity contribution in [3.05, 3.63) is 64.9 Å². The van der Waals surface area contributed by atoms with Crippen molar-refractivity contribution in [2.75, 3.05) is 23.0 Å². The molecule has 0 aromatic heterocycles. The van der Waals surface area contributed by atoms with Gasteiger partial charge in [-0.25, -0.2) is 12.8 Å². The molecule has 2 aliphatic heterocycles. The van der Waals surface area contributed by atoms with Gasteiger partial charge in [-0.3, -0.25) is 9.69 Å². The highest BCUT2D eigenvalue weighted by atomic mass is 35.5. The van der Waals surface area contributed by atoms with Crippen molar-refractivity contribution in [1.29, 1.82) is 0 Å². The molecule has 2 saturated heterocycles. The fourth-order valence-electron chi connectivity index (χ4n) is 3.89. The fourth-order valence-corrected chi connectivity index (χ4v) is 6.00. The van der Waals surface area contributed by atoms with E-state index in [4.69, 9.17) is 11.6 Å². The Kier molecular flexibility index (Phi) is 4.70. The number of fused-ring (bicyclic) bond motifs is 1. The minimum Gasteiger partial charge on any atom is -0.306 e. The third-order valence-corrected chi connectivity index (χ3v) is 7.06. The first-order chi connectivity index (χ1) is 12.8. The van der Waals surface area contributed by atoms with Gasteiger partial charge in [0.1, 0.15) is 5.82 Å². The van der Waals surface area contributed by atoms with Crippen LogP contribution in [0.4, 0.5) is 10.1 Å². The van der Waals surface area contributed by atoms with Gasteiger partial charge in [-0.05, 0) is 42.0 Å². The number of hydrogen-bond acceptors (Lipinski definition) is 4. The molecule has 4 rings (SSSR count). The average Bonchev–Trinajstić information content (AvgIpc) is 2.93. The van der Waals surface area contributed by atoms with E-state index in [-0.39, 0.29) is 35.8 Å². The number of anilines is 1. The summed E-state index contributed by atoms with van der Waals surface area (Å²) in [7, 11) is -3.25. The summed E-state index contributed by atoms with van der Waals surface area (Å²) in [6, 6.07) is 12.1. The van der Waals surface area contributed by atoms with Gasteiger partial charge in [0.15, 0.2) is 9.84 Å². The first kappa shape index (κ1) is 18.4. The number of hydrogen-bond donors (Lipinski definition) is 0. The summed E-state index contributed by atoms with van der Waals surface area (Å²) in [6.07, 6.45) is 0. The second-order valence-corrected chi connectivity index (χ2v) is 9.57. The maximum atomic E-state index is 13.1. The van der Waals surface area contributed by atoms with Crippen LogP contribution in [0.5, 0.6) is 0 Å². The van der Waals surface area contributed by atoms with Gasteiger partial charge in [0.05, 0.1) is 24.1 Å². The van der Waals surface area contributed by atoms with Crippen molar-refractivity contribution in [3.8, 4) is 0 Å². The molecule has 2 aliphatic rings. The summed E-state index contributed by atoms with van der Waals surface area (Å²) < 4.78 is 37.8. The summed E-state index contributed by atoms with van der Waals surface area (Å²) in [6.45, 7) is 0.508. The smallest absolute Gasteiger partial charge is 0.241 e. The topological polar surface area (TPSA) is 57.7 Å². The van der Waals surface area contributed by atoms with E-state index in [0.29, 0.717) is 17.3 Å². The van der Waals surface area contributed by atoms with Crippen molar-refractivity contribution in [3.63, 3.8) is 0 Å². The number of halogens is 2. The van der Waals surface area contributed by atoms with Gasteiger partial charge in [-0.15, -0.1) is 0 Å². The van der Waals surface area contributed by atoms with Crippen LogP contribution in [-0.2, 0) is 21.2 Å². The Balaban J connectivity index is 1.65. The van der Waals surface area contributed by atoms with Crippen molar-refractivity contribution in [2.24, 2.45) is 0 Å². The van der Waals surface area contributed by atoms with Gasteiger partial charge in [0, 0.05) is 23.3 Å². The Labute approximate surface area is 162 Å². The van der Waals surface area contributed by atoms with E-state index in [1.807, 2.05) is 4.90 Å². The Morgan fingerprint density at radius 1 is 1.00 bits per heavy atom. The number of carbonyl (C=O) groups excluding carboxylic acids is 1. The van der Waals surface area contributed by atoms with Crippen LogP contribution in [0, 0.1) is 5.82 Å². The third-order valence-electron chi connectivity index (χ3n) is 5.10. The zero-order chi connectivity index (χ0) is 19.2. The van der Waals surface area contributed by atoms with Crippen LogP contribution < -0.4 is 4.90 Å². The molecule has 2 aromatic rings. The molecule has 0 unspecified atom stereocenters. The molecule has 142 valence electrons. The average molecular weight is 409 g/mol. The van der Waals surface area contributed by atoms with E-state index >= 15 is 0 Å². The molecule has 5 nitrogen and oxygen atoms in total. The lowest BCUT2D eigenvalue weighted by atomic mass is 10.0. The number of rotatable bonds is 3. The number of carbonyl (C=O) groups is 1. The standard InChI is InChI=1S/C19H18ClFN2O3S/c20-14-3-7-16(8-4-14)23-18-12-27(25,26)11-17(18)22(10-19(23)24)9-13-1-5-15(21)6-2-13/h1-8,17-18H,9-12H2/t17-,18+/m1/s1. The first-order valence-electron chi connectivity index (χ1n) is 8.59. The molecule has 8 heteroatoms. The number of piperazine rings is 1. The summed E-state index contributed by atoms with van der Waals surface area (Å²) in [4.78, 5) is 16.4. The summed E-state index contributed by atoms with van der Waals surface area (Å²) in [5, 5.41) is 0.553. The van der Waals surface area contributed by atoms with Gasteiger partial charge in [0.2, 0.25) is 5.91 Å². The minimum absolute atomic E-state index is 0.0101. The summed E-state index contributed by atoms with van der Waals surface area (Å²) in [5.41, 5.74) is 1.49. The molecule has 2 heterocycles. The van der Waals surface area contributed by atoms with Crippen LogP contribution in [0.3, 0.4) is 0 Å². The zero-order valence-corrected chi connectivity index (χ0v) is 16.0. The van der Waals surface area contributed by atoms with E-state index in [1.165, 1.54) is 12.1 Å². The zero-order valence-electron chi connectivity index (χ0n) is 14.4. The molecule has 0 N–H and O–H groups in total. The van der Waals surface area contributed by atoms with Crippen LogP contribution in [0.2, 0.25) is 5.02 Å². The number of amides is 1. The molecule has 1 amide bonds. The molecular weight excluding hydrogens is 391 g/mol. The van der Waals surface area contributed by atoms with E-state index in [2.05, 4.69) is 0 Å². The van der Waals surface area contributed by atoms with E-state index in [1.54, 1.807) is 41.3 Å². The monoisotopic (exact) mass is 408 g/mol. The lowest BCUT2D eigenvalue weighted by Gasteiger charge is -2.43. The Morgan fingerprint density at radius 2 is 1.63 bits per heavy atom. The molecule has 27 heavy (non-hydrogen) atoms. The lowest BCUT2D eigenvalue weighted by molar-refractivity contribution is -0.123. The van der Waals surface area contributed by atoms with Gasteiger partial charge in [0.25, 0.3) is 0 Å². The molecular formula is C19H18ClFN2O3S. The number of sulfone groups is 1. The summed E-state index contributed by atoms with van der Waals surface area (Å²) >= 11 is 5.93. The Hall–Kier alpha value is -1.96. The Morgan fingerprint density at radius 3 is 2.30 bits per heavy atom. The van der Waals surface area contributed by atoms with Crippen LogP contribution in [0.15, 0.2) is 48.5 Å². The van der Waals surface area contributed by atoms with Gasteiger partial charge in [-0.2, -0.15) is 0 Å². The molecule has 0 radical (unpaired) electrons.